The zero-order valence-electron chi connectivity index (χ0n) is 18.1. The summed E-state index contributed by atoms with van der Waals surface area (Å²) in [7, 11) is 0. The average molecular weight is 456 g/mol. The summed E-state index contributed by atoms with van der Waals surface area (Å²) in [4.78, 5) is 25.0. The SMILES string of the molecule is NC(=O)C1CC(c2cc(-c3ccc(F)cc3)[nH]c2C2C=CC(F)=CC2)C1.O=C1CC(O)CN1. The number of nitrogens with two attached hydrogens (primary N) is 1. The Labute approximate surface area is 190 Å². The van der Waals surface area contributed by atoms with Crippen LogP contribution in [0.5, 0.6) is 0 Å². The Morgan fingerprint density at radius 1 is 1.15 bits per heavy atom. The van der Waals surface area contributed by atoms with Gasteiger partial charge in [-0.3, -0.25) is 9.59 Å². The highest BCUT2D eigenvalue weighted by Crippen LogP contribution is 2.46. The minimum atomic E-state index is -0.438. The Morgan fingerprint density at radius 2 is 1.88 bits per heavy atom. The molecular formula is C25H27F2N3O3. The summed E-state index contributed by atoms with van der Waals surface area (Å²) < 4.78 is 26.6. The van der Waals surface area contributed by atoms with Crippen molar-refractivity contribution >= 4 is 11.8 Å². The number of hydrogen-bond acceptors (Lipinski definition) is 3. The third-order valence-corrected chi connectivity index (χ3v) is 6.40. The fraction of sp³-hybridized carbons (Fsp3) is 0.360. The first-order valence-electron chi connectivity index (χ1n) is 11.1. The van der Waals surface area contributed by atoms with E-state index in [0.29, 0.717) is 13.0 Å². The predicted molar refractivity (Wildman–Crippen MR) is 120 cm³/mol. The van der Waals surface area contributed by atoms with Gasteiger partial charge < -0.3 is 21.1 Å². The summed E-state index contributed by atoms with van der Waals surface area (Å²) in [6.45, 7) is 0.429. The van der Waals surface area contributed by atoms with Gasteiger partial charge in [0.15, 0.2) is 0 Å². The molecule has 0 spiro atoms. The van der Waals surface area contributed by atoms with Gasteiger partial charge in [-0.25, -0.2) is 8.78 Å². The van der Waals surface area contributed by atoms with E-state index in [4.69, 9.17) is 10.8 Å². The molecule has 1 aromatic carbocycles. The first-order chi connectivity index (χ1) is 15.8. The number of rotatable bonds is 4. The lowest BCUT2D eigenvalue weighted by Crippen LogP contribution is -2.34. The van der Waals surface area contributed by atoms with Crippen molar-refractivity contribution in [2.45, 2.75) is 43.6 Å². The molecule has 6 nitrogen and oxygen atoms in total. The Bertz CT molecular complexity index is 1080. The number of hydrogen-bond donors (Lipinski definition) is 4. The lowest BCUT2D eigenvalue weighted by atomic mass is 9.70. The van der Waals surface area contributed by atoms with E-state index in [1.54, 1.807) is 18.2 Å². The average Bonchev–Trinajstić information content (AvgIpc) is 3.34. The lowest BCUT2D eigenvalue weighted by molar-refractivity contribution is -0.124. The summed E-state index contributed by atoms with van der Waals surface area (Å²) in [5.74, 6) is -0.544. The molecule has 5 N–H and O–H groups in total. The third kappa shape index (κ3) is 5.39. The zero-order valence-corrected chi connectivity index (χ0v) is 18.1. The molecule has 174 valence electrons. The van der Waals surface area contributed by atoms with Crippen molar-refractivity contribution < 1.29 is 23.5 Å². The summed E-state index contributed by atoms with van der Waals surface area (Å²) in [6, 6.07) is 8.41. The molecule has 0 bridgehead atoms. The Balaban J connectivity index is 0.000000318. The fourth-order valence-electron chi connectivity index (χ4n) is 4.42. The standard InChI is InChI=1S/C21H20F2N2O.C4H7NO2/c22-16-5-1-12(2-6-16)19-11-18(14-9-15(10-14)21(24)26)20(25-19)13-3-7-17(23)8-4-13;6-3-1-4(7)5-2-3/h1-3,5-8,11,13-15,25H,4,9-10H2,(H2,24,26);3,6H,1-2H2,(H,5,7). The number of benzene rings is 1. The second-order valence-electron chi connectivity index (χ2n) is 8.78. The summed E-state index contributed by atoms with van der Waals surface area (Å²) in [5.41, 5.74) is 9.38. The van der Waals surface area contributed by atoms with E-state index in [2.05, 4.69) is 16.4 Å². The van der Waals surface area contributed by atoms with Crippen LogP contribution in [-0.2, 0) is 9.59 Å². The van der Waals surface area contributed by atoms with Gasteiger partial charge in [-0.15, -0.1) is 0 Å². The van der Waals surface area contributed by atoms with Crippen LogP contribution >= 0.6 is 0 Å². The number of primary amides is 1. The van der Waals surface area contributed by atoms with Gasteiger partial charge in [0.25, 0.3) is 0 Å². The van der Waals surface area contributed by atoms with Crippen LogP contribution in [0.3, 0.4) is 0 Å². The first-order valence-corrected chi connectivity index (χ1v) is 11.1. The van der Waals surface area contributed by atoms with Crippen LogP contribution in [0, 0.1) is 11.7 Å². The van der Waals surface area contributed by atoms with Crippen molar-refractivity contribution in [2.24, 2.45) is 11.7 Å². The van der Waals surface area contributed by atoms with Crippen molar-refractivity contribution in [3.63, 3.8) is 0 Å². The zero-order chi connectivity index (χ0) is 23.5. The second-order valence-corrected chi connectivity index (χ2v) is 8.78. The van der Waals surface area contributed by atoms with Gasteiger partial charge in [0.1, 0.15) is 11.6 Å². The molecule has 1 saturated carbocycles. The van der Waals surface area contributed by atoms with Gasteiger partial charge in [-0.1, -0.05) is 6.08 Å². The molecular weight excluding hydrogens is 428 g/mol. The number of aromatic amines is 1. The lowest BCUT2D eigenvalue weighted by Gasteiger charge is -2.34. The number of amides is 2. The highest BCUT2D eigenvalue weighted by atomic mass is 19.1. The molecule has 2 atom stereocenters. The number of aliphatic hydroxyl groups excluding tert-OH is 1. The van der Waals surface area contributed by atoms with Crippen LogP contribution < -0.4 is 11.1 Å². The molecule has 2 aromatic rings. The van der Waals surface area contributed by atoms with Crippen LogP contribution in [0.2, 0.25) is 0 Å². The Morgan fingerprint density at radius 3 is 2.39 bits per heavy atom. The molecule has 5 rings (SSSR count). The monoisotopic (exact) mass is 455 g/mol. The smallest absolute Gasteiger partial charge is 0.222 e. The number of carbonyl (C=O) groups excluding carboxylic acids is 2. The largest absolute Gasteiger partial charge is 0.391 e. The maximum Gasteiger partial charge on any atom is 0.222 e. The van der Waals surface area contributed by atoms with Crippen molar-refractivity contribution in [3.05, 3.63) is 71.5 Å². The molecule has 3 aliphatic rings. The van der Waals surface area contributed by atoms with E-state index in [0.717, 1.165) is 35.4 Å². The van der Waals surface area contributed by atoms with Gasteiger partial charge in [-0.2, -0.15) is 0 Å². The molecule has 2 fully saturated rings. The van der Waals surface area contributed by atoms with Crippen LogP contribution in [0.15, 0.2) is 54.4 Å². The van der Waals surface area contributed by atoms with Gasteiger partial charge in [-0.05, 0) is 78.8 Å². The molecule has 2 unspecified atom stereocenters. The summed E-state index contributed by atoms with van der Waals surface area (Å²) >= 11 is 0. The number of allylic oxidation sites excluding steroid dienone is 4. The molecule has 1 saturated heterocycles. The number of aromatic nitrogens is 1. The normalized spacial score (nSPS) is 26.0. The fourth-order valence-corrected chi connectivity index (χ4v) is 4.42. The van der Waals surface area contributed by atoms with E-state index in [1.807, 2.05) is 6.08 Å². The van der Waals surface area contributed by atoms with E-state index in [-0.39, 0.29) is 47.6 Å². The van der Waals surface area contributed by atoms with Crippen molar-refractivity contribution in [3.8, 4) is 11.3 Å². The molecule has 2 amide bonds. The molecule has 8 heteroatoms. The molecule has 2 aliphatic carbocycles. The minimum Gasteiger partial charge on any atom is -0.391 e. The maximum atomic E-state index is 13.3. The molecule has 33 heavy (non-hydrogen) atoms. The van der Waals surface area contributed by atoms with E-state index >= 15 is 0 Å². The Hall–Kier alpha value is -3.26. The van der Waals surface area contributed by atoms with Crippen molar-refractivity contribution in [2.75, 3.05) is 6.54 Å². The number of aliphatic hydroxyl groups is 1. The van der Waals surface area contributed by atoms with Crippen LogP contribution in [0.25, 0.3) is 11.3 Å². The molecule has 0 radical (unpaired) electrons. The number of nitrogens with one attached hydrogen (secondary N) is 2. The molecule has 2 heterocycles. The number of H-pyrrole nitrogens is 1. The number of β-amino-alcohol motifs (C(OH)–C–C–N with tert-alkyl or cyclic N) is 1. The topological polar surface area (TPSA) is 108 Å². The molecule has 1 aliphatic heterocycles. The number of carbonyl (C=O) groups is 2. The third-order valence-electron chi connectivity index (χ3n) is 6.40. The van der Waals surface area contributed by atoms with E-state index in [9.17, 15) is 18.4 Å². The van der Waals surface area contributed by atoms with Gasteiger partial charge in [0.05, 0.1) is 12.5 Å². The summed E-state index contributed by atoms with van der Waals surface area (Å²) in [6.07, 6.45) is 6.84. The van der Waals surface area contributed by atoms with Crippen molar-refractivity contribution in [1.29, 1.82) is 0 Å². The summed E-state index contributed by atoms with van der Waals surface area (Å²) in [5, 5.41) is 11.1. The number of halogens is 2. The highest BCUT2D eigenvalue weighted by Gasteiger charge is 2.37. The highest BCUT2D eigenvalue weighted by molar-refractivity contribution is 5.78. The quantitative estimate of drug-likeness (QED) is 0.566. The van der Waals surface area contributed by atoms with Gasteiger partial charge >= 0.3 is 0 Å². The Kier molecular flexibility index (Phi) is 6.74. The molecule has 1 aromatic heterocycles. The maximum absolute atomic E-state index is 13.3. The van der Waals surface area contributed by atoms with Crippen molar-refractivity contribution in [1.82, 2.24) is 10.3 Å². The predicted octanol–water partition coefficient (Wildman–Crippen LogP) is 3.56. The van der Waals surface area contributed by atoms with Crippen LogP contribution in [-0.4, -0.2) is 34.6 Å². The van der Waals surface area contributed by atoms with E-state index in [1.165, 1.54) is 18.2 Å². The van der Waals surface area contributed by atoms with Gasteiger partial charge in [0, 0.05) is 29.8 Å². The van der Waals surface area contributed by atoms with E-state index < -0.39 is 6.10 Å². The minimum absolute atomic E-state index is 0.0486. The second kappa shape index (κ2) is 9.70. The van der Waals surface area contributed by atoms with Crippen LogP contribution in [0.1, 0.15) is 48.8 Å². The van der Waals surface area contributed by atoms with Crippen LogP contribution in [0.4, 0.5) is 8.78 Å². The van der Waals surface area contributed by atoms with Gasteiger partial charge in [0.2, 0.25) is 11.8 Å². The first kappa shape index (κ1) is 22.9.